The topological polar surface area (TPSA) is 77.5 Å². The quantitative estimate of drug-likeness (QED) is 0.0413. The molecule has 0 unspecified atom stereocenters. The number of methoxy groups -OCH3 is 2. The largest absolute Gasteiger partial charge is 0.497 e. The van der Waals surface area contributed by atoms with E-state index >= 15 is 0 Å². The van der Waals surface area contributed by atoms with Crippen LogP contribution in [0.4, 0.5) is 34.1 Å². The van der Waals surface area contributed by atoms with Gasteiger partial charge in [-0.05, 0) is 150 Å². The zero-order valence-corrected chi connectivity index (χ0v) is 34.4. The first kappa shape index (κ1) is 41.8. The van der Waals surface area contributed by atoms with Crippen molar-refractivity contribution in [3.8, 4) is 23.0 Å². The van der Waals surface area contributed by atoms with Crippen LogP contribution in [-0.4, -0.2) is 26.2 Å². The summed E-state index contributed by atoms with van der Waals surface area (Å²) in [6.07, 6.45) is 10.7. The van der Waals surface area contributed by atoms with Crippen molar-refractivity contribution in [1.29, 1.82) is 0 Å². The molecule has 0 saturated carbocycles. The summed E-state index contributed by atoms with van der Waals surface area (Å²) in [6, 6.07) is 55.4. The van der Waals surface area contributed by atoms with Gasteiger partial charge < -0.3 is 28.7 Å². The number of ether oxygens (including phenoxy) is 4. The molecule has 62 heavy (non-hydrogen) atoms. The van der Waals surface area contributed by atoms with Crippen molar-refractivity contribution in [3.63, 3.8) is 0 Å². The Labute approximate surface area is 362 Å². The molecular formula is C54H44N2O6. The summed E-state index contributed by atoms with van der Waals surface area (Å²) >= 11 is 0. The summed E-state index contributed by atoms with van der Waals surface area (Å²) in [5.74, 6) is 1.38. The van der Waals surface area contributed by atoms with Gasteiger partial charge in [-0.15, -0.1) is 0 Å². The van der Waals surface area contributed by atoms with Gasteiger partial charge in [0.05, 0.1) is 14.2 Å². The smallest absolute Gasteiger partial charge is 0.335 e. The lowest BCUT2D eigenvalue weighted by atomic mass is 10.1. The first-order chi connectivity index (χ1) is 30.3. The van der Waals surface area contributed by atoms with E-state index in [0.717, 1.165) is 80.0 Å². The minimum atomic E-state index is -0.509. The van der Waals surface area contributed by atoms with Crippen molar-refractivity contribution >= 4 is 70.4 Å². The first-order valence-corrected chi connectivity index (χ1v) is 19.8. The molecule has 0 radical (unpaired) electrons. The molecule has 7 aromatic rings. The Morgan fingerprint density at radius 2 is 0.661 bits per heavy atom. The number of benzene rings is 7. The predicted octanol–water partition coefficient (Wildman–Crippen LogP) is 13.2. The van der Waals surface area contributed by atoms with Gasteiger partial charge in [-0.2, -0.15) is 0 Å². The van der Waals surface area contributed by atoms with Gasteiger partial charge in [0, 0.05) is 46.3 Å². The lowest BCUT2D eigenvalue weighted by molar-refractivity contribution is -0.129. The van der Waals surface area contributed by atoms with E-state index in [2.05, 4.69) is 120 Å². The third-order valence-electron chi connectivity index (χ3n) is 9.77. The summed E-state index contributed by atoms with van der Waals surface area (Å²) in [5, 5.41) is 0. The second-order valence-electron chi connectivity index (χ2n) is 13.8. The fourth-order valence-electron chi connectivity index (χ4n) is 6.62. The van der Waals surface area contributed by atoms with Gasteiger partial charge >= 0.3 is 11.9 Å². The van der Waals surface area contributed by atoms with E-state index in [1.807, 2.05) is 72.8 Å². The molecule has 0 spiro atoms. The van der Waals surface area contributed by atoms with Gasteiger partial charge in [-0.25, -0.2) is 9.59 Å². The Bertz CT molecular complexity index is 2500. The average molecular weight is 817 g/mol. The van der Waals surface area contributed by atoms with E-state index in [-0.39, 0.29) is 0 Å². The number of carbonyl (C=O) groups excluding carboxylic acids is 2. The molecule has 0 heterocycles. The number of rotatable bonds is 16. The highest BCUT2D eigenvalue weighted by Gasteiger charge is 2.15. The van der Waals surface area contributed by atoms with Crippen molar-refractivity contribution in [1.82, 2.24) is 0 Å². The van der Waals surface area contributed by atoms with E-state index in [4.69, 9.17) is 18.9 Å². The van der Waals surface area contributed by atoms with Crippen molar-refractivity contribution < 1.29 is 28.5 Å². The maximum Gasteiger partial charge on any atom is 0.335 e. The van der Waals surface area contributed by atoms with Crippen LogP contribution in [0.1, 0.15) is 22.3 Å². The molecule has 8 nitrogen and oxygen atoms in total. The Kier molecular flexibility index (Phi) is 13.5. The molecule has 0 saturated heterocycles. The van der Waals surface area contributed by atoms with Crippen molar-refractivity contribution in [3.05, 3.63) is 217 Å². The molecule has 0 bridgehead atoms. The normalized spacial score (nSPS) is 10.9. The number of anilines is 6. The van der Waals surface area contributed by atoms with Crippen molar-refractivity contribution in [2.45, 2.75) is 0 Å². The molecule has 0 amide bonds. The van der Waals surface area contributed by atoms with E-state index in [9.17, 15) is 9.59 Å². The van der Waals surface area contributed by atoms with Gasteiger partial charge in [0.15, 0.2) is 0 Å². The van der Waals surface area contributed by atoms with Crippen LogP contribution in [0.15, 0.2) is 195 Å². The minimum Gasteiger partial charge on any atom is -0.497 e. The molecule has 0 aliphatic heterocycles. The molecule has 7 aromatic carbocycles. The lowest BCUT2D eigenvalue weighted by Crippen LogP contribution is -2.10. The van der Waals surface area contributed by atoms with Crippen LogP contribution in [0, 0.1) is 0 Å². The van der Waals surface area contributed by atoms with E-state index in [1.54, 1.807) is 38.5 Å². The number of hydrogen-bond donors (Lipinski definition) is 0. The fourth-order valence-corrected chi connectivity index (χ4v) is 6.62. The van der Waals surface area contributed by atoms with Crippen molar-refractivity contribution in [2.24, 2.45) is 0 Å². The predicted molar refractivity (Wildman–Crippen MR) is 251 cm³/mol. The van der Waals surface area contributed by atoms with E-state index < -0.39 is 11.9 Å². The van der Waals surface area contributed by atoms with Gasteiger partial charge in [0.1, 0.15) is 23.0 Å². The van der Waals surface area contributed by atoms with E-state index in [1.165, 1.54) is 0 Å². The highest BCUT2D eigenvalue weighted by atomic mass is 16.5. The zero-order valence-electron chi connectivity index (χ0n) is 34.4. The van der Waals surface area contributed by atoms with Crippen LogP contribution < -0.4 is 28.7 Å². The Morgan fingerprint density at radius 3 is 0.952 bits per heavy atom. The molecule has 0 atom stereocenters. The van der Waals surface area contributed by atoms with Crippen LogP contribution in [0.5, 0.6) is 23.0 Å². The lowest BCUT2D eigenvalue weighted by Gasteiger charge is -2.26. The van der Waals surface area contributed by atoms with Crippen LogP contribution in [-0.2, 0) is 9.59 Å². The standard InChI is InChI=1S/C54H44N2O6/c1-5-53(57)61-51-34-26-47(27-35-51)55(45-22-30-49(59-3)31-23-45)43-18-14-39(15-19-43)10-12-41-8-7-9-42(38-41)13-11-40-16-20-44(21-17-40)56(46-24-32-50(60-4)33-25-46)48-28-36-52(37-29-48)62-54(58)6-2/h5-38H,1-2H2,3-4H3. The molecule has 306 valence electrons. The number of hydrogen-bond acceptors (Lipinski definition) is 8. The van der Waals surface area contributed by atoms with Gasteiger partial charge in [-0.1, -0.05) is 79.9 Å². The summed E-state index contributed by atoms with van der Waals surface area (Å²) in [7, 11) is 3.29. The number of esters is 2. The van der Waals surface area contributed by atoms with Crippen LogP contribution in [0.3, 0.4) is 0 Å². The Hall–Kier alpha value is -8.36. The SMILES string of the molecule is C=CC(=O)Oc1ccc(N(c2ccc(C=Cc3cccc(C=Cc4ccc(N(c5ccc(OC)cc5)c5ccc(OC(=O)C=C)cc5)cc4)c3)cc2)c2ccc(OC)cc2)cc1. The monoisotopic (exact) mass is 816 g/mol. The average Bonchev–Trinajstić information content (AvgIpc) is 3.32. The second-order valence-corrected chi connectivity index (χ2v) is 13.8. The fraction of sp³-hybridized carbons (Fsp3) is 0.0370. The molecule has 7 rings (SSSR count). The number of nitrogens with zero attached hydrogens (tertiary/aromatic N) is 2. The third-order valence-corrected chi connectivity index (χ3v) is 9.77. The zero-order chi connectivity index (χ0) is 43.3. The molecule has 0 aromatic heterocycles. The highest BCUT2D eigenvalue weighted by Crippen LogP contribution is 2.38. The van der Waals surface area contributed by atoms with Gasteiger partial charge in [-0.3, -0.25) is 0 Å². The molecule has 0 fully saturated rings. The van der Waals surface area contributed by atoms with Gasteiger partial charge in [0.2, 0.25) is 0 Å². The van der Waals surface area contributed by atoms with Crippen molar-refractivity contribution in [2.75, 3.05) is 24.0 Å². The summed E-state index contributed by atoms with van der Waals surface area (Å²) in [6.45, 7) is 6.95. The molecule has 0 aliphatic rings. The van der Waals surface area contributed by atoms with Crippen LogP contribution in [0.2, 0.25) is 0 Å². The molecule has 0 N–H and O–H groups in total. The van der Waals surface area contributed by atoms with Crippen LogP contribution in [0.25, 0.3) is 24.3 Å². The number of carbonyl (C=O) groups is 2. The molecule has 8 heteroatoms. The maximum absolute atomic E-state index is 11.7. The van der Waals surface area contributed by atoms with E-state index in [0.29, 0.717) is 11.5 Å². The highest BCUT2D eigenvalue weighted by molar-refractivity contribution is 5.85. The second kappa shape index (κ2) is 20.1. The summed E-state index contributed by atoms with van der Waals surface area (Å²) < 4.78 is 21.4. The maximum atomic E-state index is 11.7. The Morgan fingerprint density at radius 1 is 0.387 bits per heavy atom. The summed E-state index contributed by atoms with van der Waals surface area (Å²) in [5.41, 5.74) is 9.83. The van der Waals surface area contributed by atoms with Crippen LogP contribution >= 0.6 is 0 Å². The first-order valence-electron chi connectivity index (χ1n) is 19.8. The minimum absolute atomic E-state index is 0.437. The van der Waals surface area contributed by atoms with Gasteiger partial charge in [0.25, 0.3) is 0 Å². The Balaban J connectivity index is 1.05. The third kappa shape index (κ3) is 10.6. The molecule has 0 aliphatic carbocycles. The summed E-state index contributed by atoms with van der Waals surface area (Å²) in [4.78, 5) is 27.7. The molecular weight excluding hydrogens is 773 g/mol.